The van der Waals surface area contributed by atoms with Crippen LogP contribution in [-0.4, -0.2) is 34.7 Å². The molecule has 5 heteroatoms. The van der Waals surface area contributed by atoms with Crippen molar-refractivity contribution in [1.82, 2.24) is 5.32 Å². The number of amides is 1. The summed E-state index contributed by atoms with van der Waals surface area (Å²) < 4.78 is 0. The minimum Gasteiger partial charge on any atom is -0.390 e. The molecule has 0 bridgehead atoms. The van der Waals surface area contributed by atoms with Crippen molar-refractivity contribution in [2.45, 2.75) is 19.1 Å². The molecular weight excluding hydrogens is 178 g/mol. The van der Waals surface area contributed by atoms with Gasteiger partial charge in [-0.25, -0.2) is 0 Å². The van der Waals surface area contributed by atoms with Gasteiger partial charge in [-0.3, -0.25) is 9.59 Å². The highest BCUT2D eigenvalue weighted by Crippen LogP contribution is 2.17. The first kappa shape index (κ1) is 9.54. The quantitative estimate of drug-likeness (QED) is 0.385. The molecule has 1 saturated heterocycles. The first-order valence-corrected chi connectivity index (χ1v) is 4.31. The molecule has 0 spiro atoms. The zero-order valence-electron chi connectivity index (χ0n) is 6.65. The van der Waals surface area contributed by atoms with Gasteiger partial charge in [-0.05, 0) is 6.92 Å². The number of Topliss-reactive ketones (excluding diaryl/α,β-unsaturated/α-hetero) is 1. The monoisotopic (exact) mass is 189 g/mol. The molecule has 3 unspecified atom stereocenters. The molecule has 0 radical (unpaired) electrons. The van der Waals surface area contributed by atoms with E-state index in [9.17, 15) is 14.7 Å². The van der Waals surface area contributed by atoms with Gasteiger partial charge in [-0.15, -0.1) is 0 Å². The maximum Gasteiger partial charge on any atom is 0.233 e. The van der Waals surface area contributed by atoms with E-state index in [4.69, 9.17) is 0 Å². The molecule has 0 aromatic rings. The van der Waals surface area contributed by atoms with Crippen molar-refractivity contribution in [1.29, 1.82) is 0 Å². The van der Waals surface area contributed by atoms with Crippen molar-refractivity contribution in [2.24, 2.45) is 5.92 Å². The standard InChI is InChI=1S/C7H11NO3S/c1-3(9)5-6(10)4(2-12)8-7(5)11/h4-6,10,12H,2H2,1H3,(H,8,11). The van der Waals surface area contributed by atoms with Crippen LogP contribution in [0.15, 0.2) is 0 Å². The highest BCUT2D eigenvalue weighted by atomic mass is 32.1. The van der Waals surface area contributed by atoms with E-state index in [0.717, 1.165) is 0 Å². The number of aliphatic hydroxyl groups is 1. The summed E-state index contributed by atoms with van der Waals surface area (Å²) in [7, 11) is 0. The van der Waals surface area contributed by atoms with Crippen molar-refractivity contribution < 1.29 is 14.7 Å². The summed E-state index contributed by atoms with van der Waals surface area (Å²) >= 11 is 3.94. The third-order valence-electron chi connectivity index (χ3n) is 2.00. The molecule has 1 aliphatic heterocycles. The molecule has 1 rings (SSSR count). The van der Waals surface area contributed by atoms with E-state index in [1.54, 1.807) is 0 Å². The van der Waals surface area contributed by atoms with E-state index in [1.165, 1.54) is 6.92 Å². The van der Waals surface area contributed by atoms with Gasteiger partial charge in [0.05, 0.1) is 12.1 Å². The van der Waals surface area contributed by atoms with Crippen LogP contribution >= 0.6 is 12.6 Å². The Bertz CT molecular complexity index is 219. The summed E-state index contributed by atoms with van der Waals surface area (Å²) in [5.74, 6) is -1.25. The second-order valence-electron chi connectivity index (χ2n) is 2.88. The summed E-state index contributed by atoms with van der Waals surface area (Å²) in [6.45, 7) is 1.30. The number of thiol groups is 1. The van der Waals surface area contributed by atoms with Crippen molar-refractivity contribution in [3.8, 4) is 0 Å². The lowest BCUT2D eigenvalue weighted by Gasteiger charge is -2.12. The van der Waals surface area contributed by atoms with Crippen LogP contribution in [-0.2, 0) is 9.59 Å². The van der Waals surface area contributed by atoms with Crippen LogP contribution in [0.25, 0.3) is 0 Å². The van der Waals surface area contributed by atoms with E-state index in [1.807, 2.05) is 0 Å². The van der Waals surface area contributed by atoms with Crippen LogP contribution < -0.4 is 5.32 Å². The Balaban J connectivity index is 2.77. The van der Waals surface area contributed by atoms with Crippen molar-refractivity contribution in [2.75, 3.05) is 5.75 Å². The molecule has 1 aliphatic rings. The molecule has 0 saturated carbocycles. The lowest BCUT2D eigenvalue weighted by molar-refractivity contribution is -0.132. The number of hydrogen-bond donors (Lipinski definition) is 3. The normalized spacial score (nSPS) is 34.9. The summed E-state index contributed by atoms with van der Waals surface area (Å²) in [6, 6.07) is -0.394. The smallest absolute Gasteiger partial charge is 0.233 e. The highest BCUT2D eigenvalue weighted by molar-refractivity contribution is 7.80. The second-order valence-corrected chi connectivity index (χ2v) is 3.24. The van der Waals surface area contributed by atoms with Crippen LogP contribution in [0.2, 0.25) is 0 Å². The van der Waals surface area contributed by atoms with Gasteiger partial charge in [0, 0.05) is 5.75 Å². The first-order chi connectivity index (χ1) is 5.57. The van der Waals surface area contributed by atoms with E-state index >= 15 is 0 Å². The molecule has 1 fully saturated rings. The number of ketones is 1. The molecule has 1 amide bonds. The van der Waals surface area contributed by atoms with E-state index in [-0.39, 0.29) is 5.78 Å². The summed E-state index contributed by atoms with van der Waals surface area (Å²) in [5.41, 5.74) is 0. The first-order valence-electron chi connectivity index (χ1n) is 3.67. The van der Waals surface area contributed by atoms with Gasteiger partial charge in [0.15, 0.2) is 0 Å². The number of rotatable bonds is 2. The van der Waals surface area contributed by atoms with Crippen molar-refractivity contribution in [3.63, 3.8) is 0 Å². The molecule has 12 heavy (non-hydrogen) atoms. The summed E-state index contributed by atoms with van der Waals surface area (Å²) in [6.07, 6.45) is -0.924. The topological polar surface area (TPSA) is 66.4 Å². The van der Waals surface area contributed by atoms with Crippen molar-refractivity contribution in [3.05, 3.63) is 0 Å². The maximum atomic E-state index is 11.1. The zero-order chi connectivity index (χ0) is 9.30. The molecule has 4 nitrogen and oxygen atoms in total. The summed E-state index contributed by atoms with van der Waals surface area (Å²) in [5, 5.41) is 11.9. The lowest BCUT2D eigenvalue weighted by atomic mass is 9.98. The number of nitrogens with one attached hydrogen (secondary N) is 1. The highest BCUT2D eigenvalue weighted by Gasteiger charge is 2.42. The van der Waals surface area contributed by atoms with Crippen LogP contribution in [0.5, 0.6) is 0 Å². The number of carbonyl (C=O) groups is 2. The summed E-state index contributed by atoms with van der Waals surface area (Å²) in [4.78, 5) is 22.0. The van der Waals surface area contributed by atoms with Gasteiger partial charge in [0.1, 0.15) is 11.7 Å². The molecule has 68 valence electrons. The van der Waals surface area contributed by atoms with Gasteiger partial charge in [0.25, 0.3) is 0 Å². The third kappa shape index (κ3) is 1.47. The maximum absolute atomic E-state index is 11.1. The van der Waals surface area contributed by atoms with Gasteiger partial charge in [-0.2, -0.15) is 12.6 Å². The number of aliphatic hydroxyl groups excluding tert-OH is 1. The van der Waals surface area contributed by atoms with Gasteiger partial charge < -0.3 is 10.4 Å². The van der Waals surface area contributed by atoms with Gasteiger partial charge >= 0.3 is 0 Å². The molecule has 0 aromatic heterocycles. The predicted octanol–water partition coefficient (Wildman–Crippen LogP) is -1.02. The van der Waals surface area contributed by atoms with Crippen LogP contribution in [0, 0.1) is 5.92 Å². The fourth-order valence-corrected chi connectivity index (χ4v) is 1.63. The lowest BCUT2D eigenvalue weighted by Crippen LogP contribution is -2.34. The van der Waals surface area contributed by atoms with Crippen LogP contribution in [0.1, 0.15) is 6.92 Å². The molecule has 1 heterocycles. The molecule has 2 N–H and O–H groups in total. The predicted molar refractivity (Wildman–Crippen MR) is 46.0 cm³/mol. The van der Waals surface area contributed by atoms with Gasteiger partial charge in [-0.1, -0.05) is 0 Å². The van der Waals surface area contributed by atoms with Crippen molar-refractivity contribution >= 4 is 24.3 Å². The van der Waals surface area contributed by atoms with Gasteiger partial charge in [0.2, 0.25) is 5.91 Å². The van der Waals surface area contributed by atoms with Crippen LogP contribution in [0.3, 0.4) is 0 Å². The molecular formula is C7H11NO3S. The largest absolute Gasteiger partial charge is 0.390 e. The fourth-order valence-electron chi connectivity index (χ4n) is 1.32. The van der Waals surface area contributed by atoms with E-state index in [2.05, 4.69) is 17.9 Å². The number of hydrogen-bond acceptors (Lipinski definition) is 4. The Hall–Kier alpha value is -0.550. The Morgan fingerprint density at radius 3 is 2.58 bits per heavy atom. The Morgan fingerprint density at radius 1 is 1.75 bits per heavy atom. The molecule has 0 aliphatic carbocycles. The van der Waals surface area contributed by atoms with E-state index in [0.29, 0.717) is 5.75 Å². The average molecular weight is 189 g/mol. The average Bonchev–Trinajstić information content (AvgIpc) is 2.25. The Labute approximate surface area is 75.7 Å². The molecule has 3 atom stereocenters. The minimum absolute atomic E-state index is 0.302. The number of carbonyl (C=O) groups excluding carboxylic acids is 2. The third-order valence-corrected chi connectivity index (χ3v) is 2.39. The minimum atomic E-state index is -0.924. The fraction of sp³-hybridized carbons (Fsp3) is 0.714. The second kappa shape index (κ2) is 3.45. The Kier molecular flexibility index (Phi) is 2.74. The SMILES string of the molecule is CC(=O)C1C(=O)NC(CS)C1O. The van der Waals surface area contributed by atoms with E-state index < -0.39 is 24.0 Å². The molecule has 0 aromatic carbocycles. The van der Waals surface area contributed by atoms with Crippen LogP contribution in [0.4, 0.5) is 0 Å². The zero-order valence-corrected chi connectivity index (χ0v) is 7.54. The Morgan fingerprint density at radius 2 is 2.33 bits per heavy atom.